The van der Waals surface area contributed by atoms with Crippen LogP contribution in [0.3, 0.4) is 0 Å². The molecule has 1 heterocycles. The summed E-state index contributed by atoms with van der Waals surface area (Å²) in [5.74, 6) is -2.47. The second-order valence-corrected chi connectivity index (χ2v) is 5.54. The fourth-order valence-electron chi connectivity index (χ4n) is 2.36. The topological polar surface area (TPSA) is 26.8 Å². The molecule has 21 heavy (non-hydrogen) atoms. The van der Waals surface area contributed by atoms with E-state index in [9.17, 15) is 13.6 Å². The first-order valence-corrected chi connectivity index (χ1v) is 7.09. The van der Waals surface area contributed by atoms with E-state index in [0.717, 1.165) is 32.2 Å². The van der Waals surface area contributed by atoms with E-state index < -0.39 is 17.5 Å². The molecule has 1 aromatic carbocycles. The zero-order valence-corrected chi connectivity index (χ0v) is 12.5. The van der Waals surface area contributed by atoms with Crippen molar-refractivity contribution in [3.63, 3.8) is 0 Å². The maximum Gasteiger partial charge on any atom is 0.257 e. The minimum Gasteiger partial charge on any atom is -0.336 e. The minimum absolute atomic E-state index is 0.184. The van der Waals surface area contributed by atoms with E-state index in [1.807, 2.05) is 14.1 Å². The van der Waals surface area contributed by atoms with Crippen LogP contribution in [0, 0.1) is 11.6 Å². The summed E-state index contributed by atoms with van der Waals surface area (Å²) >= 11 is 0. The summed E-state index contributed by atoms with van der Waals surface area (Å²) in [4.78, 5) is 18.2. The van der Waals surface area contributed by atoms with E-state index in [1.54, 1.807) is 4.90 Å². The molecule has 1 aliphatic rings. The number of piperazine rings is 1. The molecule has 1 fully saturated rings. The average Bonchev–Trinajstić information content (AvgIpc) is 2.48. The molecule has 0 N–H and O–H groups in total. The summed E-state index contributed by atoms with van der Waals surface area (Å²) in [6, 6.07) is 3.71. The molecule has 0 atom stereocenters. The number of benzene rings is 1. The summed E-state index contributed by atoms with van der Waals surface area (Å²) in [6.07, 6.45) is 0. The van der Waals surface area contributed by atoms with Crippen molar-refractivity contribution in [1.29, 1.82) is 0 Å². The number of likely N-dealkylation sites (N-methyl/N-ethyl adjacent to an activating group) is 1. The molecule has 4 nitrogen and oxygen atoms in total. The largest absolute Gasteiger partial charge is 0.336 e. The van der Waals surface area contributed by atoms with Gasteiger partial charge in [0.15, 0.2) is 11.6 Å². The van der Waals surface area contributed by atoms with Crippen molar-refractivity contribution in [2.45, 2.75) is 0 Å². The van der Waals surface area contributed by atoms with Gasteiger partial charge in [-0.15, -0.1) is 0 Å². The molecular weight excluding hydrogens is 276 g/mol. The molecule has 0 unspecified atom stereocenters. The first-order chi connectivity index (χ1) is 9.99. The first kappa shape index (κ1) is 15.9. The number of hydrogen-bond acceptors (Lipinski definition) is 3. The van der Waals surface area contributed by atoms with E-state index in [2.05, 4.69) is 9.80 Å². The van der Waals surface area contributed by atoms with Gasteiger partial charge in [0.05, 0.1) is 5.56 Å². The van der Waals surface area contributed by atoms with Crippen molar-refractivity contribution in [3.05, 3.63) is 35.4 Å². The molecule has 1 saturated heterocycles. The number of amides is 1. The molecule has 0 bridgehead atoms. The van der Waals surface area contributed by atoms with Gasteiger partial charge < -0.3 is 9.80 Å². The van der Waals surface area contributed by atoms with Gasteiger partial charge in [0.25, 0.3) is 5.91 Å². The third kappa shape index (κ3) is 3.98. The Kier molecular flexibility index (Phi) is 5.25. The molecule has 0 radical (unpaired) electrons. The zero-order chi connectivity index (χ0) is 15.4. The van der Waals surface area contributed by atoms with E-state index in [-0.39, 0.29) is 5.56 Å². The van der Waals surface area contributed by atoms with E-state index in [0.29, 0.717) is 13.1 Å². The van der Waals surface area contributed by atoms with Crippen LogP contribution < -0.4 is 0 Å². The number of carbonyl (C=O) groups is 1. The Morgan fingerprint density at radius 3 is 2.48 bits per heavy atom. The predicted molar refractivity (Wildman–Crippen MR) is 77.3 cm³/mol. The Labute approximate surface area is 123 Å². The molecule has 0 saturated carbocycles. The standard InChI is InChI=1S/C15H21F2N3O/c1-18(2)6-7-19-8-10-20(11-9-19)15(21)12-4-3-5-13(16)14(12)17/h3-5H,6-11H2,1-2H3. The van der Waals surface area contributed by atoms with Crippen LogP contribution >= 0.6 is 0 Å². The molecule has 6 heteroatoms. The molecular formula is C15H21F2N3O. The van der Waals surface area contributed by atoms with Crippen LogP contribution in [0.25, 0.3) is 0 Å². The van der Waals surface area contributed by atoms with Crippen LogP contribution in [0.15, 0.2) is 18.2 Å². The SMILES string of the molecule is CN(C)CCN1CCN(C(=O)c2cccc(F)c2F)CC1. The zero-order valence-electron chi connectivity index (χ0n) is 12.5. The highest BCUT2D eigenvalue weighted by Gasteiger charge is 2.24. The molecule has 1 aromatic rings. The highest BCUT2D eigenvalue weighted by atomic mass is 19.2. The lowest BCUT2D eigenvalue weighted by Gasteiger charge is -2.35. The van der Waals surface area contributed by atoms with Crippen LogP contribution in [0.2, 0.25) is 0 Å². The lowest BCUT2D eigenvalue weighted by molar-refractivity contribution is 0.0624. The highest BCUT2D eigenvalue weighted by Crippen LogP contribution is 2.15. The van der Waals surface area contributed by atoms with Crippen molar-refractivity contribution in [3.8, 4) is 0 Å². The van der Waals surface area contributed by atoms with E-state index in [4.69, 9.17) is 0 Å². The van der Waals surface area contributed by atoms with Gasteiger partial charge in [-0.3, -0.25) is 9.69 Å². The molecule has 0 aliphatic carbocycles. The summed E-state index contributed by atoms with van der Waals surface area (Å²) in [6.45, 7) is 4.52. The van der Waals surface area contributed by atoms with Gasteiger partial charge in [-0.25, -0.2) is 8.78 Å². The molecule has 1 aliphatic heterocycles. The fourth-order valence-corrected chi connectivity index (χ4v) is 2.36. The maximum atomic E-state index is 13.7. The predicted octanol–water partition coefficient (Wildman–Crippen LogP) is 1.28. The summed E-state index contributed by atoms with van der Waals surface area (Å²) in [5.41, 5.74) is -0.184. The first-order valence-electron chi connectivity index (χ1n) is 7.09. The van der Waals surface area contributed by atoms with Crippen molar-refractivity contribution in [1.82, 2.24) is 14.7 Å². The van der Waals surface area contributed by atoms with Gasteiger partial charge in [-0.05, 0) is 26.2 Å². The number of hydrogen-bond donors (Lipinski definition) is 0. The summed E-state index contributed by atoms with van der Waals surface area (Å²) in [5, 5.41) is 0. The quantitative estimate of drug-likeness (QED) is 0.838. The Morgan fingerprint density at radius 2 is 1.86 bits per heavy atom. The van der Waals surface area contributed by atoms with E-state index >= 15 is 0 Å². The van der Waals surface area contributed by atoms with Gasteiger partial charge in [0.1, 0.15) is 0 Å². The second kappa shape index (κ2) is 6.95. The maximum absolute atomic E-state index is 13.7. The smallest absolute Gasteiger partial charge is 0.257 e. The van der Waals surface area contributed by atoms with Gasteiger partial charge >= 0.3 is 0 Å². The summed E-state index contributed by atoms with van der Waals surface area (Å²) in [7, 11) is 4.04. The van der Waals surface area contributed by atoms with Crippen molar-refractivity contribution < 1.29 is 13.6 Å². The molecule has 1 amide bonds. The minimum atomic E-state index is -1.06. The second-order valence-electron chi connectivity index (χ2n) is 5.54. The van der Waals surface area contributed by atoms with Crippen molar-refractivity contribution in [2.75, 3.05) is 53.4 Å². The molecule has 2 rings (SSSR count). The third-order valence-corrected chi connectivity index (χ3v) is 3.70. The highest BCUT2D eigenvalue weighted by molar-refractivity contribution is 5.94. The van der Waals surface area contributed by atoms with Crippen LogP contribution in [0.1, 0.15) is 10.4 Å². The normalized spacial score (nSPS) is 16.5. The monoisotopic (exact) mass is 297 g/mol. The Morgan fingerprint density at radius 1 is 1.19 bits per heavy atom. The third-order valence-electron chi connectivity index (χ3n) is 3.70. The van der Waals surface area contributed by atoms with Crippen LogP contribution in [-0.4, -0.2) is 74.0 Å². The van der Waals surface area contributed by atoms with Gasteiger partial charge in [0.2, 0.25) is 0 Å². The van der Waals surface area contributed by atoms with Gasteiger partial charge in [-0.2, -0.15) is 0 Å². The fraction of sp³-hybridized carbons (Fsp3) is 0.533. The lowest BCUT2D eigenvalue weighted by atomic mass is 10.1. The number of halogens is 2. The van der Waals surface area contributed by atoms with Crippen molar-refractivity contribution >= 4 is 5.91 Å². The van der Waals surface area contributed by atoms with Crippen LogP contribution in [0.4, 0.5) is 8.78 Å². The number of nitrogens with zero attached hydrogens (tertiary/aromatic N) is 3. The van der Waals surface area contributed by atoms with Gasteiger partial charge in [0, 0.05) is 39.3 Å². The molecule has 0 aromatic heterocycles. The Bertz CT molecular complexity index is 500. The lowest BCUT2D eigenvalue weighted by Crippen LogP contribution is -2.50. The number of carbonyl (C=O) groups excluding carboxylic acids is 1. The number of rotatable bonds is 4. The van der Waals surface area contributed by atoms with Crippen molar-refractivity contribution in [2.24, 2.45) is 0 Å². The molecule has 0 spiro atoms. The average molecular weight is 297 g/mol. The summed E-state index contributed by atoms with van der Waals surface area (Å²) < 4.78 is 26.8. The van der Waals surface area contributed by atoms with E-state index in [1.165, 1.54) is 12.1 Å². The Balaban J connectivity index is 1.93. The van der Waals surface area contributed by atoms with Crippen LogP contribution in [-0.2, 0) is 0 Å². The van der Waals surface area contributed by atoms with Gasteiger partial charge in [-0.1, -0.05) is 6.07 Å². The molecule has 116 valence electrons. The van der Waals surface area contributed by atoms with Crippen LogP contribution in [0.5, 0.6) is 0 Å². The Hall–Kier alpha value is -1.53.